The highest BCUT2D eigenvalue weighted by molar-refractivity contribution is 7.13. The Labute approximate surface area is 160 Å². The van der Waals surface area contributed by atoms with Crippen LogP contribution >= 0.6 is 11.3 Å². The van der Waals surface area contributed by atoms with Gasteiger partial charge < -0.3 is 4.52 Å². The van der Waals surface area contributed by atoms with Crippen molar-refractivity contribution < 1.29 is 8.91 Å². The number of aromatic nitrogens is 2. The lowest BCUT2D eigenvalue weighted by Crippen LogP contribution is -2.25. The predicted octanol–water partition coefficient (Wildman–Crippen LogP) is 5.16. The van der Waals surface area contributed by atoms with E-state index in [-0.39, 0.29) is 11.9 Å². The van der Waals surface area contributed by atoms with Gasteiger partial charge in [0.25, 0.3) is 0 Å². The minimum atomic E-state index is -0.245. The Bertz CT molecular complexity index is 984. The summed E-state index contributed by atoms with van der Waals surface area (Å²) in [6.45, 7) is 0.481. The van der Waals surface area contributed by atoms with E-state index in [0.29, 0.717) is 18.3 Å². The fraction of sp³-hybridized carbons (Fsp3) is 0.143. The van der Waals surface area contributed by atoms with E-state index < -0.39 is 0 Å². The number of hydrogen-bond donors (Lipinski definition) is 0. The van der Waals surface area contributed by atoms with Crippen molar-refractivity contribution in [3.63, 3.8) is 0 Å². The Morgan fingerprint density at radius 2 is 1.74 bits per heavy atom. The lowest BCUT2D eigenvalue weighted by molar-refractivity contribution is 0.229. The zero-order chi connectivity index (χ0) is 18.6. The van der Waals surface area contributed by atoms with Crippen LogP contribution in [0.3, 0.4) is 0 Å². The topological polar surface area (TPSA) is 42.2 Å². The molecular formula is C21H18FN3OS. The second-order valence-electron chi connectivity index (χ2n) is 6.27. The maximum absolute atomic E-state index is 13.4. The minimum Gasteiger partial charge on any atom is -0.338 e. The van der Waals surface area contributed by atoms with Gasteiger partial charge in [0.15, 0.2) is 0 Å². The van der Waals surface area contributed by atoms with Gasteiger partial charge in [0.05, 0.1) is 17.5 Å². The number of rotatable bonds is 6. The molecule has 2 aromatic heterocycles. The maximum atomic E-state index is 13.4. The summed E-state index contributed by atoms with van der Waals surface area (Å²) in [7, 11) is 2.00. The van der Waals surface area contributed by atoms with E-state index in [2.05, 4.69) is 27.2 Å². The third-order valence-electron chi connectivity index (χ3n) is 4.34. The van der Waals surface area contributed by atoms with E-state index in [9.17, 15) is 4.39 Å². The molecule has 0 unspecified atom stereocenters. The van der Waals surface area contributed by atoms with Crippen molar-refractivity contribution in [2.45, 2.75) is 12.6 Å². The van der Waals surface area contributed by atoms with Crippen molar-refractivity contribution in [3.05, 3.63) is 94.9 Å². The first-order valence-electron chi connectivity index (χ1n) is 8.58. The molecule has 0 bridgehead atoms. The van der Waals surface area contributed by atoms with Gasteiger partial charge >= 0.3 is 0 Å². The molecule has 4 rings (SSSR count). The molecule has 0 saturated carbocycles. The van der Waals surface area contributed by atoms with E-state index in [1.807, 2.05) is 54.9 Å². The zero-order valence-electron chi connectivity index (χ0n) is 14.7. The van der Waals surface area contributed by atoms with Gasteiger partial charge in [-0.05, 0) is 41.8 Å². The Kier molecular flexibility index (Phi) is 5.09. The summed E-state index contributed by atoms with van der Waals surface area (Å²) in [4.78, 5) is 7.60. The third-order valence-corrected chi connectivity index (χ3v) is 5.20. The molecule has 0 N–H and O–H groups in total. The Morgan fingerprint density at radius 1 is 1.00 bits per heavy atom. The average Bonchev–Trinajstić information content (AvgIpc) is 3.36. The number of nitrogens with zero attached hydrogens (tertiary/aromatic N) is 3. The zero-order valence-corrected chi connectivity index (χ0v) is 15.6. The highest BCUT2D eigenvalue weighted by Gasteiger charge is 2.22. The Hall–Kier alpha value is -2.83. The van der Waals surface area contributed by atoms with Gasteiger partial charge in [-0.15, -0.1) is 11.3 Å². The summed E-state index contributed by atoms with van der Waals surface area (Å²) >= 11 is 1.58. The molecular weight excluding hydrogens is 361 g/mol. The molecule has 2 heterocycles. The third kappa shape index (κ3) is 3.97. The largest absolute Gasteiger partial charge is 0.338 e. The molecule has 0 radical (unpaired) electrons. The van der Waals surface area contributed by atoms with Crippen LogP contribution in [0.1, 0.15) is 23.1 Å². The highest BCUT2D eigenvalue weighted by Crippen LogP contribution is 2.29. The van der Waals surface area contributed by atoms with Crippen LogP contribution in [0.4, 0.5) is 4.39 Å². The van der Waals surface area contributed by atoms with Crippen LogP contribution in [-0.4, -0.2) is 22.1 Å². The first-order chi connectivity index (χ1) is 13.2. The molecule has 0 amide bonds. The van der Waals surface area contributed by atoms with E-state index in [0.717, 1.165) is 16.0 Å². The summed E-state index contributed by atoms with van der Waals surface area (Å²) in [6, 6.07) is 20.6. The van der Waals surface area contributed by atoms with Crippen molar-refractivity contribution >= 4 is 11.3 Å². The van der Waals surface area contributed by atoms with Gasteiger partial charge in [0.1, 0.15) is 5.82 Å². The van der Waals surface area contributed by atoms with Crippen molar-refractivity contribution in [2.24, 2.45) is 0 Å². The summed E-state index contributed by atoms with van der Waals surface area (Å²) in [5, 5.41) is 6.06. The summed E-state index contributed by atoms with van der Waals surface area (Å²) in [6.07, 6.45) is 0. The first kappa shape index (κ1) is 17.6. The van der Waals surface area contributed by atoms with Crippen molar-refractivity contribution in [2.75, 3.05) is 7.05 Å². The molecule has 27 heavy (non-hydrogen) atoms. The predicted molar refractivity (Wildman–Crippen MR) is 104 cm³/mol. The summed E-state index contributed by atoms with van der Waals surface area (Å²) in [5.41, 5.74) is 2.12. The lowest BCUT2D eigenvalue weighted by atomic mass is 9.97. The number of benzene rings is 2. The Balaban J connectivity index is 1.61. The molecule has 136 valence electrons. The van der Waals surface area contributed by atoms with Crippen LogP contribution in [0.2, 0.25) is 0 Å². The van der Waals surface area contributed by atoms with Crippen LogP contribution in [0.5, 0.6) is 0 Å². The molecule has 6 heteroatoms. The second-order valence-corrected chi connectivity index (χ2v) is 7.22. The minimum absolute atomic E-state index is 0.0520. The average molecular weight is 379 g/mol. The van der Waals surface area contributed by atoms with Crippen molar-refractivity contribution in [3.8, 4) is 10.7 Å². The van der Waals surface area contributed by atoms with E-state index >= 15 is 0 Å². The van der Waals surface area contributed by atoms with Crippen molar-refractivity contribution in [1.82, 2.24) is 15.0 Å². The maximum Gasteiger partial charge on any atom is 0.241 e. The smallest absolute Gasteiger partial charge is 0.241 e. The van der Waals surface area contributed by atoms with Crippen LogP contribution in [0.15, 0.2) is 76.6 Å². The van der Waals surface area contributed by atoms with Gasteiger partial charge in [0.2, 0.25) is 11.7 Å². The second kappa shape index (κ2) is 7.82. The fourth-order valence-corrected chi connectivity index (χ4v) is 3.76. The van der Waals surface area contributed by atoms with Gasteiger partial charge in [-0.3, -0.25) is 4.90 Å². The van der Waals surface area contributed by atoms with Crippen LogP contribution in [0, 0.1) is 5.82 Å². The normalized spacial score (nSPS) is 12.4. The first-order valence-corrected chi connectivity index (χ1v) is 9.46. The molecule has 1 atom stereocenters. The molecule has 0 aliphatic rings. The molecule has 0 fully saturated rings. The standard InChI is InChI=1S/C21H18FN3OS/c1-25(14-19-23-21(24-26-19)18-8-5-13-27-18)20(15-6-3-2-4-7-15)16-9-11-17(22)12-10-16/h2-13,20H,14H2,1H3/t20-/m1/s1. The highest BCUT2D eigenvalue weighted by atomic mass is 32.1. The summed E-state index contributed by atoms with van der Waals surface area (Å²) < 4.78 is 18.8. The fourth-order valence-electron chi connectivity index (χ4n) is 3.11. The van der Waals surface area contributed by atoms with Crippen LogP contribution < -0.4 is 0 Å². The number of thiophene rings is 1. The van der Waals surface area contributed by atoms with Crippen LogP contribution in [-0.2, 0) is 6.54 Å². The number of halogens is 1. The Morgan fingerprint density at radius 3 is 2.44 bits per heavy atom. The van der Waals surface area contributed by atoms with Gasteiger partial charge in [0, 0.05) is 0 Å². The lowest BCUT2D eigenvalue weighted by Gasteiger charge is -2.27. The van der Waals surface area contributed by atoms with Gasteiger partial charge in [-0.1, -0.05) is 53.7 Å². The van der Waals surface area contributed by atoms with E-state index in [1.54, 1.807) is 11.3 Å². The molecule has 2 aromatic carbocycles. The molecule has 4 nitrogen and oxygen atoms in total. The quantitative estimate of drug-likeness (QED) is 0.464. The molecule has 0 aliphatic carbocycles. The van der Waals surface area contributed by atoms with E-state index in [4.69, 9.17) is 4.52 Å². The van der Waals surface area contributed by atoms with Gasteiger partial charge in [-0.2, -0.15) is 4.98 Å². The van der Waals surface area contributed by atoms with E-state index in [1.165, 1.54) is 12.1 Å². The van der Waals surface area contributed by atoms with Crippen molar-refractivity contribution in [1.29, 1.82) is 0 Å². The molecule has 4 aromatic rings. The summed E-state index contributed by atoms with van der Waals surface area (Å²) in [5.74, 6) is 0.904. The monoisotopic (exact) mass is 379 g/mol. The van der Waals surface area contributed by atoms with Crippen LogP contribution in [0.25, 0.3) is 10.7 Å². The molecule has 0 spiro atoms. The van der Waals surface area contributed by atoms with Gasteiger partial charge in [-0.25, -0.2) is 4.39 Å². The molecule has 0 saturated heterocycles. The molecule has 0 aliphatic heterocycles. The SMILES string of the molecule is CN(Cc1nc(-c2cccs2)no1)[C@H](c1ccccc1)c1ccc(F)cc1. The number of hydrogen-bond acceptors (Lipinski definition) is 5.